The van der Waals surface area contributed by atoms with E-state index >= 15 is 0 Å². The van der Waals surface area contributed by atoms with Crippen LogP contribution < -0.4 is 5.43 Å². The number of hydrogen-bond acceptors (Lipinski definition) is 3. The maximum Gasteiger partial charge on any atom is 0.250 e. The molecule has 30 heavy (non-hydrogen) atoms. The molecule has 3 aromatic rings. The van der Waals surface area contributed by atoms with Crippen LogP contribution >= 0.6 is 50.9 Å². The Bertz CT molecular complexity index is 1080. The molecule has 1 aromatic heterocycles. The van der Waals surface area contributed by atoms with Crippen molar-refractivity contribution in [3.05, 3.63) is 85.6 Å². The molecule has 1 heterocycles. The summed E-state index contributed by atoms with van der Waals surface area (Å²) < 4.78 is 3.16. The van der Waals surface area contributed by atoms with Gasteiger partial charge in [0.2, 0.25) is 5.91 Å². The van der Waals surface area contributed by atoms with Gasteiger partial charge >= 0.3 is 0 Å². The van der Waals surface area contributed by atoms with Crippen molar-refractivity contribution in [1.82, 2.24) is 9.99 Å². The maximum atomic E-state index is 12.1. The van der Waals surface area contributed by atoms with Crippen molar-refractivity contribution in [3.8, 4) is 5.69 Å². The first-order chi connectivity index (χ1) is 14.4. The SMILES string of the molecule is Cc1cc(/C=N\NC(=O)CSCc2c(Cl)cccc2Cl)c(C)n1-c1ccccc1Br. The van der Waals surface area contributed by atoms with E-state index in [1.807, 2.05) is 38.1 Å². The van der Waals surface area contributed by atoms with Gasteiger partial charge in [0.05, 0.1) is 17.7 Å². The summed E-state index contributed by atoms with van der Waals surface area (Å²) in [5.41, 5.74) is 7.54. The highest BCUT2D eigenvalue weighted by Gasteiger charge is 2.12. The van der Waals surface area contributed by atoms with Crippen molar-refractivity contribution in [2.45, 2.75) is 19.6 Å². The summed E-state index contributed by atoms with van der Waals surface area (Å²) in [5.74, 6) is 0.636. The molecule has 0 atom stereocenters. The number of rotatable bonds is 7. The number of benzene rings is 2. The largest absolute Gasteiger partial charge is 0.317 e. The molecule has 0 aliphatic rings. The third-order valence-electron chi connectivity index (χ3n) is 4.50. The minimum absolute atomic E-state index is 0.181. The van der Waals surface area contributed by atoms with Gasteiger partial charge in [0.15, 0.2) is 0 Å². The Morgan fingerprint density at radius 1 is 1.17 bits per heavy atom. The molecule has 0 fully saturated rings. The molecule has 0 unspecified atom stereocenters. The lowest BCUT2D eigenvalue weighted by Crippen LogP contribution is -2.19. The molecule has 1 amide bonds. The molecule has 0 aliphatic heterocycles. The lowest BCUT2D eigenvalue weighted by molar-refractivity contribution is -0.118. The summed E-state index contributed by atoms with van der Waals surface area (Å²) in [5, 5.41) is 5.33. The number of para-hydroxylation sites is 1. The van der Waals surface area contributed by atoms with Gasteiger partial charge in [-0.3, -0.25) is 4.79 Å². The van der Waals surface area contributed by atoms with Crippen molar-refractivity contribution in [2.75, 3.05) is 5.75 Å². The molecule has 0 saturated heterocycles. The van der Waals surface area contributed by atoms with E-state index < -0.39 is 0 Å². The van der Waals surface area contributed by atoms with Crippen LogP contribution in [0.25, 0.3) is 5.69 Å². The number of aromatic nitrogens is 1. The van der Waals surface area contributed by atoms with Crippen molar-refractivity contribution in [3.63, 3.8) is 0 Å². The molecule has 0 radical (unpaired) electrons. The number of halogens is 3. The number of carbonyl (C=O) groups is 1. The fourth-order valence-corrected chi connectivity index (χ4v) is 5.06. The maximum absolute atomic E-state index is 12.1. The Morgan fingerprint density at radius 2 is 1.87 bits per heavy atom. The number of nitrogens with one attached hydrogen (secondary N) is 1. The van der Waals surface area contributed by atoms with E-state index in [0.29, 0.717) is 15.8 Å². The normalized spacial score (nSPS) is 11.2. The molecule has 3 rings (SSSR count). The quantitative estimate of drug-likeness (QED) is 0.281. The summed E-state index contributed by atoms with van der Waals surface area (Å²) in [7, 11) is 0. The van der Waals surface area contributed by atoms with Crippen LogP contribution in [0.4, 0.5) is 0 Å². The first-order valence-corrected chi connectivity index (χ1v) is 11.8. The van der Waals surface area contributed by atoms with Gasteiger partial charge in [0.25, 0.3) is 0 Å². The van der Waals surface area contributed by atoms with Crippen LogP contribution in [0.3, 0.4) is 0 Å². The van der Waals surface area contributed by atoms with Crippen molar-refractivity contribution in [2.24, 2.45) is 5.10 Å². The smallest absolute Gasteiger partial charge is 0.250 e. The topological polar surface area (TPSA) is 46.4 Å². The van der Waals surface area contributed by atoms with Crippen LogP contribution in [0.5, 0.6) is 0 Å². The molecule has 8 heteroatoms. The zero-order chi connectivity index (χ0) is 21.7. The number of hydrazone groups is 1. The molecule has 156 valence electrons. The lowest BCUT2D eigenvalue weighted by Gasteiger charge is -2.11. The van der Waals surface area contributed by atoms with Crippen LogP contribution in [0, 0.1) is 13.8 Å². The second kappa shape index (κ2) is 10.5. The van der Waals surface area contributed by atoms with Crippen LogP contribution in [0.15, 0.2) is 58.1 Å². The first kappa shape index (κ1) is 22.9. The van der Waals surface area contributed by atoms with E-state index in [4.69, 9.17) is 23.2 Å². The van der Waals surface area contributed by atoms with E-state index in [0.717, 1.165) is 32.7 Å². The van der Waals surface area contributed by atoms with Crippen molar-refractivity contribution < 1.29 is 4.79 Å². The Hall–Kier alpha value is -1.73. The summed E-state index contributed by atoms with van der Waals surface area (Å²) in [6.45, 7) is 4.07. The predicted octanol–water partition coefficient (Wildman–Crippen LogP) is 6.55. The molecule has 4 nitrogen and oxygen atoms in total. The van der Waals surface area contributed by atoms with E-state index in [2.05, 4.69) is 37.1 Å². The molecular weight excluding hydrogens is 505 g/mol. The molecule has 0 aliphatic carbocycles. The molecule has 0 spiro atoms. The van der Waals surface area contributed by atoms with Crippen molar-refractivity contribution in [1.29, 1.82) is 0 Å². The molecule has 0 saturated carbocycles. The van der Waals surface area contributed by atoms with Gasteiger partial charge in [-0.05, 0) is 65.7 Å². The van der Waals surface area contributed by atoms with E-state index in [9.17, 15) is 4.79 Å². The number of thioether (sulfide) groups is 1. The average Bonchev–Trinajstić information content (AvgIpc) is 2.98. The summed E-state index contributed by atoms with van der Waals surface area (Å²) >= 11 is 17.3. The van der Waals surface area contributed by atoms with Gasteiger partial charge in [-0.2, -0.15) is 5.10 Å². The number of hydrogen-bond donors (Lipinski definition) is 1. The average molecular weight is 525 g/mol. The van der Waals surface area contributed by atoms with Gasteiger partial charge in [-0.1, -0.05) is 41.4 Å². The standard InChI is InChI=1S/C22H20BrCl2N3OS/c1-14-10-16(15(2)28(14)21-9-4-3-6-18(21)23)11-26-27-22(29)13-30-12-17-19(24)7-5-8-20(17)25/h3-11H,12-13H2,1-2H3,(H,27,29)/b26-11-. The third kappa shape index (κ3) is 5.49. The first-order valence-electron chi connectivity index (χ1n) is 9.15. The molecular formula is C22H20BrCl2N3OS. The minimum atomic E-state index is -0.181. The zero-order valence-electron chi connectivity index (χ0n) is 16.5. The van der Waals surface area contributed by atoms with E-state index in [-0.39, 0.29) is 11.7 Å². The minimum Gasteiger partial charge on any atom is -0.317 e. The van der Waals surface area contributed by atoms with Gasteiger partial charge in [0, 0.05) is 37.2 Å². The number of amides is 1. The van der Waals surface area contributed by atoms with Gasteiger partial charge in [-0.15, -0.1) is 11.8 Å². The Labute approximate surface area is 198 Å². The van der Waals surface area contributed by atoms with Gasteiger partial charge < -0.3 is 4.57 Å². The third-order valence-corrected chi connectivity index (χ3v) is 6.84. The lowest BCUT2D eigenvalue weighted by atomic mass is 10.2. The number of aryl methyl sites for hydroxylation is 1. The predicted molar refractivity (Wildman–Crippen MR) is 131 cm³/mol. The summed E-state index contributed by atoms with van der Waals surface area (Å²) in [6, 6.07) is 15.5. The molecule has 2 aromatic carbocycles. The Morgan fingerprint density at radius 3 is 2.57 bits per heavy atom. The van der Waals surface area contributed by atoms with Gasteiger partial charge in [-0.25, -0.2) is 5.43 Å². The van der Waals surface area contributed by atoms with Crippen molar-refractivity contribution >= 4 is 63.0 Å². The molecule has 1 N–H and O–H groups in total. The summed E-state index contributed by atoms with van der Waals surface area (Å²) in [6.07, 6.45) is 1.67. The highest BCUT2D eigenvalue weighted by Crippen LogP contribution is 2.28. The fourth-order valence-electron chi connectivity index (χ4n) is 3.04. The fraction of sp³-hybridized carbons (Fsp3) is 0.182. The highest BCUT2D eigenvalue weighted by molar-refractivity contribution is 9.10. The van der Waals surface area contributed by atoms with Gasteiger partial charge in [0.1, 0.15) is 0 Å². The Balaban J connectivity index is 1.59. The second-order valence-electron chi connectivity index (χ2n) is 6.60. The Kier molecular flexibility index (Phi) is 8.06. The summed E-state index contributed by atoms with van der Waals surface area (Å²) in [4.78, 5) is 12.1. The highest BCUT2D eigenvalue weighted by atomic mass is 79.9. The number of nitrogens with zero attached hydrogens (tertiary/aromatic N) is 2. The van der Waals surface area contributed by atoms with Crippen LogP contribution in [-0.2, 0) is 10.5 Å². The second-order valence-corrected chi connectivity index (χ2v) is 9.25. The van der Waals surface area contributed by atoms with E-state index in [1.165, 1.54) is 11.8 Å². The van der Waals surface area contributed by atoms with Crippen LogP contribution in [-0.4, -0.2) is 22.4 Å². The van der Waals surface area contributed by atoms with Crippen LogP contribution in [0.1, 0.15) is 22.5 Å². The monoisotopic (exact) mass is 523 g/mol. The zero-order valence-corrected chi connectivity index (χ0v) is 20.4. The van der Waals surface area contributed by atoms with Crippen LogP contribution in [0.2, 0.25) is 10.0 Å². The molecule has 0 bridgehead atoms. The number of carbonyl (C=O) groups excluding carboxylic acids is 1. The van der Waals surface area contributed by atoms with E-state index in [1.54, 1.807) is 24.4 Å².